The van der Waals surface area contributed by atoms with Crippen LogP contribution in [0.15, 0.2) is 84.9 Å². The number of fused-ring (bicyclic) bond motifs is 5. The van der Waals surface area contributed by atoms with Crippen LogP contribution in [0.1, 0.15) is 23.1 Å². The lowest BCUT2D eigenvalue weighted by Crippen LogP contribution is -2.33. The molecule has 4 unspecified atom stereocenters. The summed E-state index contributed by atoms with van der Waals surface area (Å²) in [6, 6.07) is 28.5. The zero-order chi connectivity index (χ0) is 21.1. The van der Waals surface area contributed by atoms with E-state index in [0.29, 0.717) is 0 Å². The third-order valence-electron chi connectivity index (χ3n) is 7.33. The number of amides is 2. The molecule has 31 heavy (non-hydrogen) atoms. The Morgan fingerprint density at radius 1 is 0.645 bits per heavy atom. The summed E-state index contributed by atoms with van der Waals surface area (Å²) in [5, 5.41) is 0. The number of carbonyl (C=O) groups is 2. The molecule has 4 atom stereocenters. The summed E-state index contributed by atoms with van der Waals surface area (Å²) in [4.78, 5) is 28.8. The molecule has 2 amide bonds. The first-order valence-electron chi connectivity index (χ1n) is 10.9. The molecule has 152 valence electrons. The number of imide groups is 1. The third kappa shape index (κ3) is 2.53. The van der Waals surface area contributed by atoms with Gasteiger partial charge in [-0.05, 0) is 59.1 Å². The van der Waals surface area contributed by atoms with E-state index < -0.39 is 0 Å². The van der Waals surface area contributed by atoms with E-state index in [-0.39, 0.29) is 35.5 Å². The van der Waals surface area contributed by atoms with Crippen LogP contribution in [0, 0.1) is 30.6 Å². The lowest BCUT2D eigenvalue weighted by Gasteiger charge is -2.27. The highest BCUT2D eigenvalue weighted by Gasteiger charge is 2.64. The molecule has 3 aromatic rings. The first-order valence-corrected chi connectivity index (χ1v) is 10.9. The zero-order valence-electron chi connectivity index (χ0n) is 17.4. The lowest BCUT2D eigenvalue weighted by molar-refractivity contribution is -0.123. The van der Waals surface area contributed by atoms with Crippen molar-refractivity contribution in [3.8, 4) is 0 Å². The fourth-order valence-corrected chi connectivity index (χ4v) is 6.15. The SMILES string of the molecule is Cc1ccccc1N1C(=O)C2C3CC(C(c4ccccc4)=C3c3ccccc3)C2C1=O. The normalized spacial score (nSPS) is 26.7. The molecule has 1 heterocycles. The first kappa shape index (κ1) is 18.3. The highest BCUT2D eigenvalue weighted by atomic mass is 16.2. The monoisotopic (exact) mass is 405 g/mol. The summed E-state index contributed by atoms with van der Waals surface area (Å²) in [6.07, 6.45) is 0.878. The van der Waals surface area contributed by atoms with Gasteiger partial charge in [0.1, 0.15) is 0 Å². The van der Waals surface area contributed by atoms with Gasteiger partial charge in [0.15, 0.2) is 0 Å². The van der Waals surface area contributed by atoms with Crippen LogP contribution < -0.4 is 4.90 Å². The second-order valence-electron chi connectivity index (χ2n) is 8.86. The maximum atomic E-state index is 13.6. The van der Waals surface area contributed by atoms with Crippen LogP contribution in [0.5, 0.6) is 0 Å². The molecule has 1 saturated heterocycles. The summed E-state index contributed by atoms with van der Waals surface area (Å²) >= 11 is 0. The van der Waals surface area contributed by atoms with Gasteiger partial charge in [0.2, 0.25) is 11.8 Å². The van der Waals surface area contributed by atoms with Crippen molar-refractivity contribution in [2.45, 2.75) is 13.3 Å². The van der Waals surface area contributed by atoms with E-state index in [1.807, 2.05) is 43.3 Å². The highest BCUT2D eigenvalue weighted by molar-refractivity contribution is 6.25. The molecular formula is C28H23NO2. The fourth-order valence-electron chi connectivity index (χ4n) is 6.15. The lowest BCUT2D eigenvalue weighted by atomic mass is 9.73. The molecule has 3 aromatic carbocycles. The maximum absolute atomic E-state index is 13.6. The maximum Gasteiger partial charge on any atom is 0.238 e. The largest absolute Gasteiger partial charge is 0.274 e. The minimum atomic E-state index is -0.264. The van der Waals surface area contributed by atoms with Crippen LogP contribution in [-0.2, 0) is 9.59 Å². The van der Waals surface area contributed by atoms with Gasteiger partial charge in [0.05, 0.1) is 17.5 Å². The minimum absolute atomic E-state index is 0.0302. The second-order valence-corrected chi connectivity index (χ2v) is 8.86. The van der Waals surface area contributed by atoms with Gasteiger partial charge in [-0.1, -0.05) is 78.9 Å². The molecule has 0 radical (unpaired) electrons. The second kappa shape index (κ2) is 6.78. The Hall–Kier alpha value is -3.46. The topological polar surface area (TPSA) is 37.4 Å². The molecule has 3 nitrogen and oxygen atoms in total. The molecule has 3 heteroatoms. The molecule has 0 aromatic heterocycles. The Bertz CT molecular complexity index is 1150. The average Bonchev–Trinajstić information content (AvgIpc) is 3.45. The number of nitrogens with zero attached hydrogens (tertiary/aromatic N) is 1. The quantitative estimate of drug-likeness (QED) is 0.550. The Morgan fingerprint density at radius 3 is 1.58 bits per heavy atom. The Balaban J connectivity index is 1.51. The summed E-state index contributed by atoms with van der Waals surface area (Å²) < 4.78 is 0. The first-order chi connectivity index (χ1) is 15.2. The van der Waals surface area contributed by atoms with Crippen LogP contribution in [0.25, 0.3) is 11.1 Å². The molecule has 2 aliphatic carbocycles. The van der Waals surface area contributed by atoms with Crippen molar-refractivity contribution < 1.29 is 9.59 Å². The van der Waals surface area contributed by atoms with E-state index in [9.17, 15) is 9.59 Å². The van der Waals surface area contributed by atoms with Gasteiger partial charge in [-0.2, -0.15) is 0 Å². The van der Waals surface area contributed by atoms with Gasteiger partial charge >= 0.3 is 0 Å². The van der Waals surface area contributed by atoms with Crippen molar-refractivity contribution in [3.05, 3.63) is 102 Å². The standard InChI is InChI=1S/C28H23NO2/c1-17-10-8-9-15-22(17)29-27(30)25-20-16-21(26(25)28(29)31)24(19-13-6-3-7-14-19)23(20)18-11-4-2-5-12-18/h2-15,20-21,25-26H,16H2,1H3. The summed E-state index contributed by atoms with van der Waals surface area (Å²) in [6.45, 7) is 1.96. The van der Waals surface area contributed by atoms with E-state index in [0.717, 1.165) is 17.7 Å². The van der Waals surface area contributed by atoms with Gasteiger partial charge in [-0.25, -0.2) is 4.90 Å². The molecule has 2 bridgehead atoms. The Morgan fingerprint density at radius 2 is 1.10 bits per heavy atom. The number of benzene rings is 3. The number of carbonyl (C=O) groups excluding carboxylic acids is 2. The minimum Gasteiger partial charge on any atom is -0.274 e. The van der Waals surface area contributed by atoms with Gasteiger partial charge in [-0.3, -0.25) is 9.59 Å². The van der Waals surface area contributed by atoms with Crippen LogP contribution >= 0.6 is 0 Å². The van der Waals surface area contributed by atoms with Crippen molar-refractivity contribution >= 4 is 28.6 Å². The summed E-state index contributed by atoms with van der Waals surface area (Å²) in [5.74, 6) is -0.426. The number of para-hydroxylation sites is 1. The van der Waals surface area contributed by atoms with Crippen LogP contribution in [-0.4, -0.2) is 11.8 Å². The van der Waals surface area contributed by atoms with Crippen molar-refractivity contribution in [3.63, 3.8) is 0 Å². The Labute approximate surface area is 182 Å². The van der Waals surface area contributed by atoms with Crippen LogP contribution in [0.4, 0.5) is 5.69 Å². The molecule has 3 aliphatic rings. The number of rotatable bonds is 3. The number of aryl methyl sites for hydroxylation is 1. The van der Waals surface area contributed by atoms with Crippen molar-refractivity contribution in [2.75, 3.05) is 4.90 Å². The summed E-state index contributed by atoms with van der Waals surface area (Å²) in [7, 11) is 0. The van der Waals surface area contributed by atoms with Crippen molar-refractivity contribution in [1.82, 2.24) is 0 Å². The van der Waals surface area contributed by atoms with Crippen molar-refractivity contribution in [2.24, 2.45) is 23.7 Å². The van der Waals surface area contributed by atoms with Gasteiger partial charge in [0.25, 0.3) is 0 Å². The Kier molecular flexibility index (Phi) is 4.01. The number of allylic oxidation sites excluding steroid dienone is 2. The zero-order valence-corrected chi connectivity index (χ0v) is 17.4. The smallest absolute Gasteiger partial charge is 0.238 e. The van der Waals surface area contributed by atoms with Gasteiger partial charge in [0, 0.05) is 0 Å². The van der Waals surface area contributed by atoms with E-state index in [2.05, 4.69) is 48.5 Å². The van der Waals surface area contributed by atoms with E-state index in [1.165, 1.54) is 27.2 Å². The molecule has 1 saturated carbocycles. The molecule has 0 spiro atoms. The summed E-state index contributed by atoms with van der Waals surface area (Å²) in [5.41, 5.74) is 6.53. The predicted octanol–water partition coefficient (Wildman–Crippen LogP) is 5.36. The fraction of sp³-hybridized carbons (Fsp3) is 0.214. The molecular weight excluding hydrogens is 382 g/mol. The predicted molar refractivity (Wildman–Crippen MR) is 122 cm³/mol. The van der Waals surface area contributed by atoms with Crippen LogP contribution in [0.2, 0.25) is 0 Å². The molecule has 6 rings (SSSR count). The number of hydrogen-bond donors (Lipinski definition) is 0. The average molecular weight is 405 g/mol. The highest BCUT2D eigenvalue weighted by Crippen LogP contribution is 2.64. The van der Waals surface area contributed by atoms with Gasteiger partial charge in [-0.15, -0.1) is 0 Å². The van der Waals surface area contributed by atoms with E-state index in [1.54, 1.807) is 0 Å². The molecule has 0 N–H and O–H groups in total. The van der Waals surface area contributed by atoms with E-state index >= 15 is 0 Å². The van der Waals surface area contributed by atoms with Gasteiger partial charge < -0.3 is 0 Å². The third-order valence-corrected chi connectivity index (χ3v) is 7.33. The van der Waals surface area contributed by atoms with Crippen LogP contribution in [0.3, 0.4) is 0 Å². The molecule has 2 fully saturated rings. The van der Waals surface area contributed by atoms with E-state index in [4.69, 9.17) is 0 Å². The van der Waals surface area contributed by atoms with Crippen molar-refractivity contribution in [1.29, 1.82) is 0 Å². The number of hydrogen-bond acceptors (Lipinski definition) is 2. The molecule has 1 aliphatic heterocycles. The number of anilines is 1.